The summed E-state index contributed by atoms with van der Waals surface area (Å²) in [6.07, 6.45) is 0.829. The zero-order chi connectivity index (χ0) is 18.8. The van der Waals surface area contributed by atoms with Crippen molar-refractivity contribution in [3.05, 3.63) is 17.0 Å². The molecule has 2 heterocycles. The van der Waals surface area contributed by atoms with Gasteiger partial charge < -0.3 is 10.2 Å². The molecule has 1 aliphatic rings. The van der Waals surface area contributed by atoms with Crippen molar-refractivity contribution in [3.63, 3.8) is 0 Å². The maximum absolute atomic E-state index is 12.2. The zero-order valence-electron chi connectivity index (χ0n) is 16.3. The number of rotatable bonds is 4. The van der Waals surface area contributed by atoms with Crippen molar-refractivity contribution >= 4 is 15.8 Å². The van der Waals surface area contributed by atoms with E-state index in [2.05, 4.69) is 22.2 Å². The fraction of sp³-hybridized carbons (Fsp3) is 0.765. The van der Waals surface area contributed by atoms with E-state index in [1.54, 1.807) is 13.8 Å². The summed E-state index contributed by atoms with van der Waals surface area (Å²) in [6, 6.07) is 0. The average Bonchev–Trinajstić information content (AvgIpc) is 2.75. The van der Waals surface area contributed by atoms with Gasteiger partial charge in [0.25, 0.3) is 0 Å². The van der Waals surface area contributed by atoms with Crippen LogP contribution in [0, 0.1) is 13.8 Å². The number of guanidine groups is 1. The van der Waals surface area contributed by atoms with E-state index >= 15 is 0 Å². The normalized spacial score (nSPS) is 19.9. The Morgan fingerprint density at radius 2 is 2.04 bits per heavy atom. The Balaban J connectivity index is 2.11. The second kappa shape index (κ2) is 7.35. The lowest BCUT2D eigenvalue weighted by Gasteiger charge is -2.39. The van der Waals surface area contributed by atoms with Gasteiger partial charge in [-0.25, -0.2) is 8.42 Å². The van der Waals surface area contributed by atoms with Crippen LogP contribution in [0.5, 0.6) is 0 Å². The zero-order valence-corrected chi connectivity index (χ0v) is 17.1. The number of aromatic nitrogens is 2. The smallest absolute Gasteiger partial charge is 0.194 e. The van der Waals surface area contributed by atoms with Gasteiger partial charge >= 0.3 is 0 Å². The van der Waals surface area contributed by atoms with Crippen LogP contribution in [0.1, 0.15) is 37.7 Å². The monoisotopic (exact) mass is 369 g/mol. The minimum Gasteiger partial charge on any atom is -0.357 e. The van der Waals surface area contributed by atoms with Gasteiger partial charge in [0, 0.05) is 38.9 Å². The van der Waals surface area contributed by atoms with Crippen LogP contribution < -0.4 is 5.32 Å². The van der Waals surface area contributed by atoms with Gasteiger partial charge in [-0.1, -0.05) is 0 Å². The van der Waals surface area contributed by atoms with E-state index in [4.69, 9.17) is 4.99 Å². The molecule has 25 heavy (non-hydrogen) atoms. The molecule has 0 saturated carbocycles. The fourth-order valence-electron chi connectivity index (χ4n) is 3.20. The first-order valence-corrected chi connectivity index (χ1v) is 10.5. The molecule has 1 aromatic heterocycles. The lowest BCUT2D eigenvalue weighted by atomic mass is 10.1. The quantitative estimate of drug-likeness (QED) is 0.634. The van der Waals surface area contributed by atoms with E-state index in [0.717, 1.165) is 24.6 Å². The molecule has 2 rings (SSSR count). The molecule has 1 fully saturated rings. The van der Waals surface area contributed by atoms with Crippen LogP contribution >= 0.6 is 0 Å². The van der Waals surface area contributed by atoms with Crippen LogP contribution in [0.25, 0.3) is 0 Å². The molecule has 8 heteroatoms. The van der Waals surface area contributed by atoms with E-state index in [-0.39, 0.29) is 5.75 Å². The van der Waals surface area contributed by atoms with E-state index in [9.17, 15) is 8.42 Å². The first kappa shape index (κ1) is 19.8. The Morgan fingerprint density at radius 1 is 1.36 bits per heavy atom. The van der Waals surface area contributed by atoms with E-state index < -0.39 is 14.6 Å². The minimum atomic E-state index is -3.05. The van der Waals surface area contributed by atoms with Gasteiger partial charge in [0.05, 0.1) is 16.2 Å². The van der Waals surface area contributed by atoms with Crippen molar-refractivity contribution < 1.29 is 8.42 Å². The second-order valence-electron chi connectivity index (χ2n) is 7.26. The van der Waals surface area contributed by atoms with Crippen LogP contribution in [0.2, 0.25) is 0 Å². The molecule has 1 aromatic rings. The first-order chi connectivity index (χ1) is 11.6. The van der Waals surface area contributed by atoms with Crippen LogP contribution in [0.15, 0.2) is 4.99 Å². The summed E-state index contributed by atoms with van der Waals surface area (Å²) >= 11 is 0. The Morgan fingerprint density at radius 3 is 2.56 bits per heavy atom. The summed E-state index contributed by atoms with van der Waals surface area (Å²) in [6.45, 7) is 12.1. The van der Waals surface area contributed by atoms with Crippen LogP contribution in [-0.4, -0.2) is 65.7 Å². The van der Waals surface area contributed by atoms with Crippen LogP contribution in [0.4, 0.5) is 0 Å². The Labute approximate surface area is 151 Å². The van der Waals surface area contributed by atoms with Crippen molar-refractivity contribution in [2.24, 2.45) is 12.0 Å². The van der Waals surface area contributed by atoms with Crippen molar-refractivity contribution in [1.82, 2.24) is 20.0 Å². The van der Waals surface area contributed by atoms with Gasteiger partial charge in [0.1, 0.15) is 0 Å². The van der Waals surface area contributed by atoms with Gasteiger partial charge in [-0.05, 0) is 46.6 Å². The summed E-state index contributed by atoms with van der Waals surface area (Å²) in [5.41, 5.74) is 3.46. The van der Waals surface area contributed by atoms with Gasteiger partial charge in [-0.2, -0.15) is 5.10 Å². The molecule has 1 saturated heterocycles. The molecule has 0 unspecified atom stereocenters. The Hall–Kier alpha value is -1.57. The van der Waals surface area contributed by atoms with E-state index in [1.807, 2.05) is 25.6 Å². The molecule has 7 nitrogen and oxygen atoms in total. The molecule has 0 spiro atoms. The molecule has 1 aliphatic heterocycles. The number of aliphatic imine (C=N–C) groups is 1. The lowest BCUT2D eigenvalue weighted by molar-refractivity contribution is 0.353. The second-order valence-corrected chi connectivity index (χ2v) is 10.0. The molecule has 0 bridgehead atoms. The molecule has 1 N–H and O–H groups in total. The predicted molar refractivity (Wildman–Crippen MR) is 102 cm³/mol. The Kier molecular flexibility index (Phi) is 5.81. The van der Waals surface area contributed by atoms with E-state index in [0.29, 0.717) is 19.6 Å². The average molecular weight is 370 g/mol. The molecule has 0 radical (unpaired) electrons. The first-order valence-electron chi connectivity index (χ1n) is 8.83. The minimum absolute atomic E-state index is 0.172. The molecule has 0 aromatic carbocycles. The molecular weight excluding hydrogens is 338 g/mol. The maximum atomic E-state index is 12.2. The van der Waals surface area contributed by atoms with Crippen molar-refractivity contribution in [3.8, 4) is 0 Å². The number of nitrogens with zero attached hydrogens (tertiary/aromatic N) is 4. The number of sulfone groups is 1. The highest BCUT2D eigenvalue weighted by molar-refractivity contribution is 7.92. The van der Waals surface area contributed by atoms with Crippen LogP contribution in [0.3, 0.4) is 0 Å². The number of hydrogen-bond donors (Lipinski definition) is 1. The highest BCUT2D eigenvalue weighted by atomic mass is 32.2. The summed E-state index contributed by atoms with van der Waals surface area (Å²) in [5.74, 6) is 0.968. The molecule has 0 aliphatic carbocycles. The van der Waals surface area contributed by atoms with Gasteiger partial charge in [-0.3, -0.25) is 9.67 Å². The number of aryl methyl sites for hydroxylation is 2. The topological polar surface area (TPSA) is 79.6 Å². The number of hydrogen-bond acceptors (Lipinski definition) is 4. The predicted octanol–water partition coefficient (Wildman–Crippen LogP) is 1.05. The number of nitrogens with one attached hydrogen (secondary N) is 1. The molecule has 142 valence electrons. The highest BCUT2D eigenvalue weighted by Crippen LogP contribution is 2.23. The van der Waals surface area contributed by atoms with Crippen LogP contribution in [-0.2, 0) is 23.3 Å². The highest BCUT2D eigenvalue weighted by Gasteiger charge is 2.40. The fourth-order valence-corrected chi connectivity index (χ4v) is 4.57. The lowest BCUT2D eigenvalue weighted by Crippen LogP contribution is -2.57. The molecule has 0 atom stereocenters. The summed E-state index contributed by atoms with van der Waals surface area (Å²) in [5, 5.41) is 7.74. The third kappa shape index (κ3) is 4.16. The third-order valence-corrected chi connectivity index (χ3v) is 7.49. The summed E-state index contributed by atoms with van der Waals surface area (Å²) in [4.78, 5) is 6.80. The van der Waals surface area contributed by atoms with Crippen molar-refractivity contribution in [2.45, 2.75) is 45.8 Å². The van der Waals surface area contributed by atoms with Gasteiger partial charge in [-0.15, -0.1) is 0 Å². The van der Waals surface area contributed by atoms with Gasteiger partial charge in [0.2, 0.25) is 0 Å². The van der Waals surface area contributed by atoms with Crippen molar-refractivity contribution in [2.75, 3.05) is 31.9 Å². The molecule has 0 amide bonds. The molecular formula is C17H31N5O2S. The largest absolute Gasteiger partial charge is 0.357 e. The summed E-state index contributed by atoms with van der Waals surface area (Å²) < 4.78 is 25.6. The third-order valence-electron chi connectivity index (χ3n) is 4.96. The van der Waals surface area contributed by atoms with Gasteiger partial charge in [0.15, 0.2) is 15.8 Å². The summed E-state index contributed by atoms with van der Waals surface area (Å²) in [7, 11) is -1.10. The van der Waals surface area contributed by atoms with E-state index in [1.165, 1.54) is 11.3 Å². The Bertz CT molecular complexity index is 749. The standard InChI is InChI=1S/C17H31N5O2S/c1-7-18-16(22-10-11-25(23,24)17(4,5)12-22)19-9-8-15-13(2)20-21(6)14(15)3/h7-12H2,1-6H3,(H,18,19). The van der Waals surface area contributed by atoms with Crippen molar-refractivity contribution in [1.29, 1.82) is 0 Å². The maximum Gasteiger partial charge on any atom is 0.194 e. The SMILES string of the molecule is CCNC(=NCCc1c(C)nn(C)c1C)N1CCS(=O)(=O)C(C)(C)C1.